The predicted octanol–water partition coefficient (Wildman–Crippen LogP) is 1.67. The van der Waals surface area contributed by atoms with Crippen molar-refractivity contribution in [1.82, 2.24) is 5.32 Å². The molecule has 0 bridgehead atoms. The number of nitrogens with two attached hydrogens (primary N) is 1. The Hall–Kier alpha value is -1.59. The van der Waals surface area contributed by atoms with Crippen LogP contribution < -0.4 is 11.1 Å². The third-order valence-electron chi connectivity index (χ3n) is 2.44. The fourth-order valence-electron chi connectivity index (χ4n) is 1.43. The summed E-state index contributed by atoms with van der Waals surface area (Å²) < 4.78 is 10.4. The van der Waals surface area contributed by atoms with Crippen molar-refractivity contribution in [3.05, 3.63) is 35.9 Å². The summed E-state index contributed by atoms with van der Waals surface area (Å²) in [4.78, 5) is 11.4. The van der Waals surface area contributed by atoms with Gasteiger partial charge >= 0.3 is 6.09 Å². The molecule has 5 heteroatoms. The van der Waals surface area contributed by atoms with Crippen LogP contribution in [-0.4, -0.2) is 32.4 Å². The second kappa shape index (κ2) is 10.3. The average molecular weight is 266 g/mol. The van der Waals surface area contributed by atoms with Gasteiger partial charge in [-0.1, -0.05) is 30.3 Å². The van der Waals surface area contributed by atoms with E-state index in [0.29, 0.717) is 32.9 Å². The Morgan fingerprint density at radius 2 is 1.89 bits per heavy atom. The molecule has 19 heavy (non-hydrogen) atoms. The Labute approximate surface area is 114 Å². The van der Waals surface area contributed by atoms with Crippen molar-refractivity contribution in [2.45, 2.75) is 19.4 Å². The van der Waals surface area contributed by atoms with E-state index in [2.05, 4.69) is 5.32 Å². The van der Waals surface area contributed by atoms with Crippen LogP contribution in [0.5, 0.6) is 0 Å². The summed E-state index contributed by atoms with van der Waals surface area (Å²) in [5.41, 5.74) is 6.31. The van der Waals surface area contributed by atoms with Gasteiger partial charge in [0.15, 0.2) is 0 Å². The zero-order valence-corrected chi connectivity index (χ0v) is 11.1. The Balaban J connectivity index is 1.96. The second-order valence-corrected chi connectivity index (χ2v) is 4.10. The summed E-state index contributed by atoms with van der Waals surface area (Å²) in [6.45, 7) is 2.79. The number of alkyl carbamates (subject to hydrolysis) is 1. The van der Waals surface area contributed by atoms with Crippen molar-refractivity contribution in [2.75, 3.05) is 26.3 Å². The molecule has 106 valence electrons. The van der Waals surface area contributed by atoms with E-state index in [0.717, 1.165) is 18.4 Å². The van der Waals surface area contributed by atoms with Gasteiger partial charge in [0.2, 0.25) is 0 Å². The first-order valence-corrected chi connectivity index (χ1v) is 6.55. The summed E-state index contributed by atoms with van der Waals surface area (Å²) >= 11 is 0. The summed E-state index contributed by atoms with van der Waals surface area (Å²) in [6.07, 6.45) is 1.24. The predicted molar refractivity (Wildman–Crippen MR) is 73.7 cm³/mol. The first-order valence-electron chi connectivity index (χ1n) is 6.55. The maximum absolute atomic E-state index is 11.4. The Bertz CT molecular complexity index is 344. The number of amides is 1. The molecule has 0 saturated carbocycles. The highest BCUT2D eigenvalue weighted by Gasteiger charge is 2.01. The van der Waals surface area contributed by atoms with E-state index in [9.17, 15) is 4.79 Å². The van der Waals surface area contributed by atoms with E-state index in [1.807, 2.05) is 30.3 Å². The minimum atomic E-state index is -0.397. The molecule has 1 aromatic rings. The highest BCUT2D eigenvalue weighted by Crippen LogP contribution is 2.00. The third kappa shape index (κ3) is 8.18. The van der Waals surface area contributed by atoms with Gasteiger partial charge in [0.05, 0.1) is 0 Å². The molecule has 0 radical (unpaired) electrons. The van der Waals surface area contributed by atoms with Crippen LogP contribution in [0, 0.1) is 0 Å². The van der Waals surface area contributed by atoms with E-state index >= 15 is 0 Å². The summed E-state index contributed by atoms with van der Waals surface area (Å²) in [5, 5.41) is 2.68. The summed E-state index contributed by atoms with van der Waals surface area (Å²) in [5.74, 6) is 0. The molecule has 0 aliphatic rings. The molecule has 0 aromatic heterocycles. The van der Waals surface area contributed by atoms with Gasteiger partial charge in [-0.25, -0.2) is 4.79 Å². The van der Waals surface area contributed by atoms with Crippen LogP contribution in [0.4, 0.5) is 4.79 Å². The molecule has 0 heterocycles. The molecule has 0 saturated heterocycles. The molecule has 1 rings (SSSR count). The van der Waals surface area contributed by atoms with Crippen molar-refractivity contribution < 1.29 is 14.3 Å². The number of rotatable bonds is 9. The zero-order valence-electron chi connectivity index (χ0n) is 11.1. The van der Waals surface area contributed by atoms with Crippen LogP contribution in [-0.2, 0) is 16.1 Å². The molecule has 0 aliphatic carbocycles. The average Bonchev–Trinajstić information content (AvgIpc) is 2.45. The number of benzene rings is 1. The van der Waals surface area contributed by atoms with Crippen molar-refractivity contribution in [2.24, 2.45) is 5.73 Å². The standard InChI is InChI=1S/C14H22N2O3/c15-8-4-10-18-11-5-9-16-14(17)19-12-13-6-2-1-3-7-13/h1-3,6-7H,4-5,8-12,15H2,(H,16,17). The summed E-state index contributed by atoms with van der Waals surface area (Å²) in [7, 11) is 0. The van der Waals surface area contributed by atoms with Gasteiger partial charge in [0.1, 0.15) is 6.61 Å². The lowest BCUT2D eigenvalue weighted by molar-refractivity contribution is 0.124. The van der Waals surface area contributed by atoms with E-state index in [1.165, 1.54) is 0 Å². The lowest BCUT2D eigenvalue weighted by Gasteiger charge is -2.07. The van der Waals surface area contributed by atoms with E-state index < -0.39 is 6.09 Å². The smallest absolute Gasteiger partial charge is 0.407 e. The van der Waals surface area contributed by atoms with Crippen molar-refractivity contribution in [3.8, 4) is 0 Å². The Morgan fingerprint density at radius 3 is 2.63 bits per heavy atom. The fraction of sp³-hybridized carbons (Fsp3) is 0.500. The molecule has 1 aromatic carbocycles. The number of nitrogens with one attached hydrogen (secondary N) is 1. The first-order chi connectivity index (χ1) is 9.33. The number of ether oxygens (including phenoxy) is 2. The van der Waals surface area contributed by atoms with Crippen LogP contribution in [0.25, 0.3) is 0 Å². The van der Waals surface area contributed by atoms with Gasteiger partial charge in [0.25, 0.3) is 0 Å². The van der Waals surface area contributed by atoms with Gasteiger partial charge < -0.3 is 20.5 Å². The number of hydrogen-bond acceptors (Lipinski definition) is 4. The first kappa shape index (κ1) is 15.5. The molecular weight excluding hydrogens is 244 g/mol. The number of hydrogen-bond donors (Lipinski definition) is 2. The molecule has 0 unspecified atom stereocenters. The van der Waals surface area contributed by atoms with Crippen LogP contribution in [0.2, 0.25) is 0 Å². The molecule has 1 amide bonds. The molecule has 0 spiro atoms. The Morgan fingerprint density at radius 1 is 1.16 bits per heavy atom. The van der Waals surface area contributed by atoms with Gasteiger partial charge in [0, 0.05) is 19.8 Å². The topological polar surface area (TPSA) is 73.6 Å². The maximum Gasteiger partial charge on any atom is 0.407 e. The minimum absolute atomic E-state index is 0.291. The van der Waals surface area contributed by atoms with Crippen LogP contribution in [0.15, 0.2) is 30.3 Å². The normalized spacial score (nSPS) is 10.2. The third-order valence-corrected chi connectivity index (χ3v) is 2.44. The monoisotopic (exact) mass is 266 g/mol. The minimum Gasteiger partial charge on any atom is -0.445 e. The largest absolute Gasteiger partial charge is 0.445 e. The molecule has 3 N–H and O–H groups in total. The van der Waals surface area contributed by atoms with E-state index in [4.69, 9.17) is 15.2 Å². The highest BCUT2D eigenvalue weighted by molar-refractivity contribution is 5.67. The SMILES string of the molecule is NCCCOCCCNC(=O)OCc1ccccc1. The van der Waals surface area contributed by atoms with Crippen molar-refractivity contribution >= 4 is 6.09 Å². The van der Waals surface area contributed by atoms with Crippen LogP contribution in [0.1, 0.15) is 18.4 Å². The lowest BCUT2D eigenvalue weighted by atomic mass is 10.2. The van der Waals surface area contributed by atoms with Crippen molar-refractivity contribution in [3.63, 3.8) is 0 Å². The highest BCUT2D eigenvalue weighted by atomic mass is 16.5. The maximum atomic E-state index is 11.4. The van der Waals surface area contributed by atoms with E-state index in [1.54, 1.807) is 0 Å². The van der Waals surface area contributed by atoms with Crippen molar-refractivity contribution in [1.29, 1.82) is 0 Å². The van der Waals surface area contributed by atoms with E-state index in [-0.39, 0.29) is 0 Å². The van der Waals surface area contributed by atoms with Crippen LogP contribution in [0.3, 0.4) is 0 Å². The van der Waals surface area contributed by atoms with Gasteiger partial charge in [-0.3, -0.25) is 0 Å². The molecule has 0 aliphatic heterocycles. The van der Waals surface area contributed by atoms with Gasteiger partial charge in [-0.15, -0.1) is 0 Å². The summed E-state index contributed by atoms with van der Waals surface area (Å²) in [6, 6.07) is 9.58. The zero-order chi connectivity index (χ0) is 13.8. The molecule has 5 nitrogen and oxygen atoms in total. The van der Waals surface area contributed by atoms with Gasteiger partial charge in [-0.05, 0) is 24.9 Å². The lowest BCUT2D eigenvalue weighted by Crippen LogP contribution is -2.26. The molecular formula is C14H22N2O3. The number of carbonyl (C=O) groups is 1. The molecule has 0 atom stereocenters. The fourth-order valence-corrected chi connectivity index (χ4v) is 1.43. The van der Waals surface area contributed by atoms with Crippen LogP contribution >= 0.6 is 0 Å². The van der Waals surface area contributed by atoms with Gasteiger partial charge in [-0.2, -0.15) is 0 Å². The quantitative estimate of drug-likeness (QED) is 0.667. The number of carbonyl (C=O) groups excluding carboxylic acids is 1. The Kier molecular flexibility index (Phi) is 8.42. The second-order valence-electron chi connectivity index (χ2n) is 4.10. The molecule has 0 fully saturated rings.